The quantitative estimate of drug-likeness (QED) is 0.632. The topological polar surface area (TPSA) is 32.8 Å². The number of piperidine rings is 1. The standard InChI is InChI=1S/C15H30N2O2/c1-4-6-9-16(3)12-14-7-10-17(11-8-14)13-15(18)19-5-2/h14H,4-13H2,1-3H3. The Morgan fingerprint density at radius 3 is 2.58 bits per heavy atom. The summed E-state index contributed by atoms with van der Waals surface area (Å²) in [5.74, 6) is 0.710. The molecule has 4 nitrogen and oxygen atoms in total. The van der Waals surface area contributed by atoms with E-state index in [0.717, 1.165) is 19.0 Å². The number of ether oxygens (including phenoxy) is 1. The Kier molecular flexibility index (Phi) is 8.07. The van der Waals surface area contributed by atoms with Crippen LogP contribution < -0.4 is 0 Å². The van der Waals surface area contributed by atoms with Gasteiger partial charge >= 0.3 is 5.97 Å². The van der Waals surface area contributed by atoms with E-state index < -0.39 is 0 Å². The van der Waals surface area contributed by atoms with E-state index in [2.05, 4.69) is 23.8 Å². The molecule has 0 radical (unpaired) electrons. The van der Waals surface area contributed by atoms with Crippen LogP contribution in [0.3, 0.4) is 0 Å². The Hall–Kier alpha value is -0.610. The monoisotopic (exact) mass is 270 g/mol. The predicted molar refractivity (Wildman–Crippen MR) is 78.2 cm³/mol. The molecule has 0 aromatic rings. The van der Waals surface area contributed by atoms with E-state index >= 15 is 0 Å². The van der Waals surface area contributed by atoms with Crippen LogP contribution in [-0.2, 0) is 9.53 Å². The van der Waals surface area contributed by atoms with Crippen LogP contribution >= 0.6 is 0 Å². The number of carbonyl (C=O) groups excluding carboxylic acids is 1. The van der Waals surface area contributed by atoms with E-state index in [-0.39, 0.29) is 5.97 Å². The van der Waals surface area contributed by atoms with E-state index in [4.69, 9.17) is 4.74 Å². The number of esters is 1. The maximum atomic E-state index is 11.4. The molecule has 1 rings (SSSR count). The number of unbranched alkanes of at least 4 members (excludes halogenated alkanes) is 1. The average molecular weight is 270 g/mol. The summed E-state index contributed by atoms with van der Waals surface area (Å²) in [5, 5.41) is 0. The van der Waals surface area contributed by atoms with Gasteiger partial charge in [-0.1, -0.05) is 13.3 Å². The molecule has 1 heterocycles. The lowest BCUT2D eigenvalue weighted by atomic mass is 9.96. The first-order valence-electron chi connectivity index (χ1n) is 7.72. The van der Waals surface area contributed by atoms with Crippen molar-refractivity contribution in [2.75, 3.05) is 46.4 Å². The molecule has 0 bridgehead atoms. The fourth-order valence-corrected chi connectivity index (χ4v) is 2.68. The lowest BCUT2D eigenvalue weighted by molar-refractivity contribution is -0.144. The summed E-state index contributed by atoms with van der Waals surface area (Å²) in [6.45, 7) is 9.52. The number of rotatable bonds is 8. The molecule has 1 aliphatic heterocycles. The zero-order chi connectivity index (χ0) is 14.1. The van der Waals surface area contributed by atoms with Gasteiger partial charge in [-0.25, -0.2) is 0 Å². The second-order valence-electron chi connectivity index (χ2n) is 5.64. The van der Waals surface area contributed by atoms with Gasteiger partial charge in [0.1, 0.15) is 0 Å². The highest BCUT2D eigenvalue weighted by Crippen LogP contribution is 2.18. The Morgan fingerprint density at radius 2 is 2.00 bits per heavy atom. The molecule has 19 heavy (non-hydrogen) atoms. The van der Waals surface area contributed by atoms with Crippen LogP contribution in [0.5, 0.6) is 0 Å². The summed E-state index contributed by atoms with van der Waals surface area (Å²) in [5.41, 5.74) is 0. The highest BCUT2D eigenvalue weighted by molar-refractivity contribution is 5.71. The van der Waals surface area contributed by atoms with E-state index in [1.165, 1.54) is 38.8 Å². The van der Waals surface area contributed by atoms with Crippen LogP contribution in [0.25, 0.3) is 0 Å². The molecule has 0 amide bonds. The fraction of sp³-hybridized carbons (Fsp3) is 0.933. The van der Waals surface area contributed by atoms with Crippen molar-refractivity contribution < 1.29 is 9.53 Å². The SMILES string of the molecule is CCCCN(C)CC1CCN(CC(=O)OCC)CC1. The Balaban J connectivity index is 2.16. The van der Waals surface area contributed by atoms with E-state index in [9.17, 15) is 4.79 Å². The second-order valence-corrected chi connectivity index (χ2v) is 5.64. The van der Waals surface area contributed by atoms with Gasteiger partial charge in [0, 0.05) is 6.54 Å². The largest absolute Gasteiger partial charge is 0.465 e. The van der Waals surface area contributed by atoms with Crippen LogP contribution in [0.1, 0.15) is 39.5 Å². The molecule has 0 aliphatic carbocycles. The summed E-state index contributed by atoms with van der Waals surface area (Å²) in [7, 11) is 2.22. The zero-order valence-corrected chi connectivity index (χ0v) is 12.9. The molecule has 1 saturated heterocycles. The Labute approximate surface area is 118 Å². The normalized spacial score (nSPS) is 17.9. The summed E-state index contributed by atoms with van der Waals surface area (Å²) in [6.07, 6.45) is 4.96. The molecule has 0 aromatic carbocycles. The predicted octanol–water partition coefficient (Wildman–Crippen LogP) is 1.99. The van der Waals surface area contributed by atoms with Crippen LogP contribution in [0.2, 0.25) is 0 Å². The maximum absolute atomic E-state index is 11.4. The highest BCUT2D eigenvalue weighted by Gasteiger charge is 2.21. The lowest BCUT2D eigenvalue weighted by Gasteiger charge is -2.33. The van der Waals surface area contributed by atoms with Crippen molar-refractivity contribution in [3.05, 3.63) is 0 Å². The summed E-state index contributed by atoms with van der Waals surface area (Å²) in [6, 6.07) is 0. The molecule has 4 heteroatoms. The van der Waals surface area contributed by atoms with Gasteiger partial charge in [-0.2, -0.15) is 0 Å². The zero-order valence-electron chi connectivity index (χ0n) is 12.9. The molecular formula is C15H30N2O2. The third kappa shape index (κ3) is 6.92. The van der Waals surface area contributed by atoms with Crippen molar-refractivity contribution in [2.45, 2.75) is 39.5 Å². The van der Waals surface area contributed by atoms with Crippen molar-refractivity contribution in [2.24, 2.45) is 5.92 Å². The van der Waals surface area contributed by atoms with Gasteiger partial charge in [0.05, 0.1) is 13.2 Å². The molecule has 0 spiro atoms. The number of hydrogen-bond acceptors (Lipinski definition) is 4. The smallest absolute Gasteiger partial charge is 0.320 e. The lowest BCUT2D eigenvalue weighted by Crippen LogP contribution is -2.40. The maximum Gasteiger partial charge on any atom is 0.320 e. The second kappa shape index (κ2) is 9.32. The van der Waals surface area contributed by atoms with E-state index in [0.29, 0.717) is 13.2 Å². The molecule has 1 aliphatic rings. The molecule has 0 atom stereocenters. The molecular weight excluding hydrogens is 240 g/mol. The minimum Gasteiger partial charge on any atom is -0.465 e. The summed E-state index contributed by atoms with van der Waals surface area (Å²) < 4.78 is 4.99. The molecule has 112 valence electrons. The van der Waals surface area contributed by atoms with Gasteiger partial charge in [0.15, 0.2) is 0 Å². The van der Waals surface area contributed by atoms with Gasteiger partial charge in [0.25, 0.3) is 0 Å². The van der Waals surface area contributed by atoms with Crippen molar-refractivity contribution >= 4 is 5.97 Å². The van der Waals surface area contributed by atoms with E-state index in [1.54, 1.807) is 0 Å². The number of carbonyl (C=O) groups is 1. The molecule has 0 N–H and O–H groups in total. The van der Waals surface area contributed by atoms with Gasteiger partial charge in [0.2, 0.25) is 0 Å². The first-order chi connectivity index (χ1) is 9.15. The van der Waals surface area contributed by atoms with Crippen LogP contribution in [0, 0.1) is 5.92 Å². The highest BCUT2D eigenvalue weighted by atomic mass is 16.5. The number of likely N-dealkylation sites (tertiary alicyclic amines) is 1. The Bertz CT molecular complexity index is 251. The van der Waals surface area contributed by atoms with Crippen LogP contribution in [0.4, 0.5) is 0 Å². The van der Waals surface area contributed by atoms with Crippen LogP contribution in [0.15, 0.2) is 0 Å². The third-order valence-electron chi connectivity index (χ3n) is 3.83. The third-order valence-corrected chi connectivity index (χ3v) is 3.83. The van der Waals surface area contributed by atoms with Crippen molar-refractivity contribution in [1.29, 1.82) is 0 Å². The van der Waals surface area contributed by atoms with Crippen molar-refractivity contribution in [1.82, 2.24) is 9.80 Å². The van der Waals surface area contributed by atoms with Gasteiger partial charge < -0.3 is 9.64 Å². The van der Waals surface area contributed by atoms with Gasteiger partial charge in [-0.15, -0.1) is 0 Å². The number of nitrogens with zero attached hydrogens (tertiary/aromatic N) is 2. The molecule has 0 unspecified atom stereocenters. The van der Waals surface area contributed by atoms with Crippen molar-refractivity contribution in [3.63, 3.8) is 0 Å². The number of hydrogen-bond donors (Lipinski definition) is 0. The minimum absolute atomic E-state index is 0.0824. The average Bonchev–Trinajstić information content (AvgIpc) is 2.39. The van der Waals surface area contributed by atoms with Crippen LogP contribution in [-0.4, -0.2) is 62.1 Å². The summed E-state index contributed by atoms with van der Waals surface area (Å²) >= 11 is 0. The summed E-state index contributed by atoms with van der Waals surface area (Å²) in [4.78, 5) is 16.1. The van der Waals surface area contributed by atoms with Gasteiger partial charge in [-0.3, -0.25) is 9.69 Å². The van der Waals surface area contributed by atoms with Gasteiger partial charge in [-0.05, 0) is 58.8 Å². The Morgan fingerprint density at radius 1 is 1.32 bits per heavy atom. The van der Waals surface area contributed by atoms with E-state index in [1.807, 2.05) is 6.92 Å². The molecule has 1 fully saturated rings. The fourth-order valence-electron chi connectivity index (χ4n) is 2.68. The van der Waals surface area contributed by atoms with Crippen molar-refractivity contribution in [3.8, 4) is 0 Å². The first kappa shape index (κ1) is 16.4. The minimum atomic E-state index is -0.0824. The molecule has 0 saturated carbocycles. The molecule has 0 aromatic heterocycles. The first-order valence-corrected chi connectivity index (χ1v) is 7.72.